The van der Waals surface area contributed by atoms with Crippen molar-refractivity contribution in [2.45, 2.75) is 31.6 Å². The van der Waals surface area contributed by atoms with E-state index >= 15 is 0 Å². The summed E-state index contributed by atoms with van der Waals surface area (Å²) in [5, 5.41) is 23.4. The van der Waals surface area contributed by atoms with Crippen molar-refractivity contribution in [3.8, 4) is 0 Å². The maximum Gasteiger partial charge on any atom is 0.269 e. The molecule has 1 aromatic rings. The fourth-order valence-corrected chi connectivity index (χ4v) is 2.89. The van der Waals surface area contributed by atoms with E-state index in [1.54, 1.807) is 12.1 Å². The van der Waals surface area contributed by atoms with Gasteiger partial charge in [0, 0.05) is 24.6 Å². The number of carbonyl (C=O) groups is 2. The molecule has 2 N–H and O–H groups in total. The molecule has 2 amide bonds. The molecule has 1 saturated heterocycles. The van der Waals surface area contributed by atoms with Gasteiger partial charge >= 0.3 is 0 Å². The molecule has 1 unspecified atom stereocenters. The van der Waals surface area contributed by atoms with Gasteiger partial charge in [0.2, 0.25) is 11.8 Å². The molecule has 25 heavy (non-hydrogen) atoms. The third-order valence-corrected chi connectivity index (χ3v) is 4.13. The first-order chi connectivity index (χ1) is 11.8. The van der Waals surface area contributed by atoms with Gasteiger partial charge in [-0.2, -0.15) is 5.10 Å². The highest BCUT2D eigenvalue weighted by Gasteiger charge is 2.32. The Labute approximate surface area is 148 Å². The first-order valence-electron chi connectivity index (χ1n) is 7.47. The van der Waals surface area contributed by atoms with E-state index < -0.39 is 10.2 Å². The fraction of sp³-hybridized carbons (Fsp3) is 0.333. The number of thioether (sulfide) groups is 1. The van der Waals surface area contributed by atoms with Crippen LogP contribution in [0.15, 0.2) is 34.5 Å². The van der Waals surface area contributed by atoms with Crippen LogP contribution in [0.5, 0.6) is 0 Å². The maximum absolute atomic E-state index is 11.8. The molecule has 10 heteroatoms. The first-order valence-corrected chi connectivity index (χ1v) is 8.35. The largest absolute Gasteiger partial charge is 0.354 e. The molecular formula is C15H17N5O4S. The van der Waals surface area contributed by atoms with Crippen LogP contribution in [0, 0.1) is 10.1 Å². The van der Waals surface area contributed by atoms with Gasteiger partial charge in [0.1, 0.15) is 5.25 Å². The number of nitrogens with one attached hydrogen (secondary N) is 2. The second kappa shape index (κ2) is 8.38. The Balaban J connectivity index is 1.92. The number of amides is 2. The third-order valence-electron chi connectivity index (χ3n) is 3.06. The summed E-state index contributed by atoms with van der Waals surface area (Å²) in [5.74, 6) is -0.480. The summed E-state index contributed by atoms with van der Waals surface area (Å²) in [6.07, 6.45) is 1.49. The van der Waals surface area contributed by atoms with E-state index in [0.717, 1.165) is 11.8 Å². The number of amidine groups is 1. The monoisotopic (exact) mass is 363 g/mol. The molecular weight excluding hydrogens is 346 g/mol. The highest BCUT2D eigenvalue weighted by atomic mass is 32.2. The zero-order chi connectivity index (χ0) is 18.4. The third kappa shape index (κ3) is 5.68. The Morgan fingerprint density at radius 2 is 2.12 bits per heavy atom. The predicted octanol–water partition coefficient (Wildman–Crippen LogP) is 1.43. The van der Waals surface area contributed by atoms with Crippen LogP contribution in [-0.4, -0.2) is 39.4 Å². The van der Waals surface area contributed by atoms with Gasteiger partial charge in [-0.1, -0.05) is 11.8 Å². The van der Waals surface area contributed by atoms with Crippen molar-refractivity contribution in [3.63, 3.8) is 0 Å². The molecule has 1 aliphatic heterocycles. The van der Waals surface area contributed by atoms with E-state index in [4.69, 9.17) is 0 Å². The summed E-state index contributed by atoms with van der Waals surface area (Å²) < 4.78 is 0. The fourth-order valence-electron chi connectivity index (χ4n) is 1.97. The lowest BCUT2D eigenvalue weighted by Gasteiger charge is -2.09. The average molecular weight is 363 g/mol. The Hall–Kier alpha value is -2.75. The number of non-ortho nitro benzene ring substituents is 1. The van der Waals surface area contributed by atoms with Crippen molar-refractivity contribution in [1.29, 1.82) is 0 Å². The standard InChI is InChI=1S/C15H17N5O4S/c1-9(2)17-13(21)7-12-14(22)18-15(25-12)19-16-8-10-3-5-11(6-4-10)20(23)24/h3-6,8-9,12H,7H2,1-2H3,(H,17,21)(H,18,19,22)/b16-8-. The number of hydrogen-bond acceptors (Lipinski definition) is 7. The molecule has 0 radical (unpaired) electrons. The second-order valence-electron chi connectivity index (χ2n) is 5.52. The summed E-state index contributed by atoms with van der Waals surface area (Å²) in [7, 11) is 0. The van der Waals surface area contributed by atoms with E-state index in [1.165, 1.54) is 18.3 Å². The van der Waals surface area contributed by atoms with E-state index in [1.807, 2.05) is 13.8 Å². The SMILES string of the molecule is CC(C)NC(=O)CC1S/C(=N\N=C/c2ccc([N+](=O)[O-])cc2)NC1=O. The Bertz CT molecular complexity index is 730. The molecule has 1 atom stereocenters. The molecule has 132 valence electrons. The molecule has 1 fully saturated rings. The van der Waals surface area contributed by atoms with Crippen LogP contribution in [0.4, 0.5) is 5.69 Å². The number of nitrogens with zero attached hydrogens (tertiary/aromatic N) is 3. The van der Waals surface area contributed by atoms with Crippen LogP contribution in [0.2, 0.25) is 0 Å². The molecule has 9 nitrogen and oxygen atoms in total. The number of nitro benzene ring substituents is 1. The quantitative estimate of drug-likeness (QED) is 0.449. The van der Waals surface area contributed by atoms with Crippen LogP contribution in [0.3, 0.4) is 0 Å². The number of hydrogen-bond donors (Lipinski definition) is 2. The predicted molar refractivity (Wildman–Crippen MR) is 95.5 cm³/mol. The van der Waals surface area contributed by atoms with E-state index in [9.17, 15) is 19.7 Å². The molecule has 0 aromatic heterocycles. The van der Waals surface area contributed by atoms with Crippen molar-refractivity contribution >= 4 is 40.6 Å². The van der Waals surface area contributed by atoms with Gasteiger partial charge in [0.25, 0.3) is 5.69 Å². The summed E-state index contributed by atoms with van der Waals surface area (Å²) in [4.78, 5) is 33.6. The lowest BCUT2D eigenvalue weighted by molar-refractivity contribution is -0.384. The first kappa shape index (κ1) is 18.6. The number of nitro groups is 1. The van der Waals surface area contributed by atoms with Crippen LogP contribution in [0.25, 0.3) is 0 Å². The molecule has 1 heterocycles. The van der Waals surface area contributed by atoms with Crippen LogP contribution in [-0.2, 0) is 9.59 Å². The highest BCUT2D eigenvalue weighted by molar-refractivity contribution is 8.15. The van der Waals surface area contributed by atoms with Gasteiger partial charge in [0.15, 0.2) is 5.17 Å². The van der Waals surface area contributed by atoms with E-state index in [0.29, 0.717) is 10.7 Å². The molecule has 0 aliphatic carbocycles. The Kier molecular flexibility index (Phi) is 6.23. The summed E-state index contributed by atoms with van der Waals surface area (Å²) >= 11 is 1.14. The minimum atomic E-state index is -0.535. The molecule has 2 rings (SSSR count). The lowest BCUT2D eigenvalue weighted by Crippen LogP contribution is -2.34. The van der Waals surface area contributed by atoms with Crippen molar-refractivity contribution in [3.05, 3.63) is 39.9 Å². The summed E-state index contributed by atoms with van der Waals surface area (Å²) in [6.45, 7) is 3.69. The molecule has 0 bridgehead atoms. The van der Waals surface area contributed by atoms with Crippen molar-refractivity contribution < 1.29 is 14.5 Å². The Morgan fingerprint density at radius 3 is 2.72 bits per heavy atom. The zero-order valence-electron chi connectivity index (χ0n) is 13.6. The van der Waals surface area contributed by atoms with E-state index in [2.05, 4.69) is 20.8 Å². The lowest BCUT2D eigenvalue weighted by atomic mass is 10.2. The minimum absolute atomic E-state index is 0.00964. The normalized spacial score (nSPS) is 18.8. The Morgan fingerprint density at radius 1 is 1.44 bits per heavy atom. The number of benzene rings is 1. The average Bonchev–Trinajstić information content (AvgIpc) is 2.86. The topological polar surface area (TPSA) is 126 Å². The summed E-state index contributed by atoms with van der Waals surface area (Å²) in [5.41, 5.74) is 0.627. The van der Waals surface area contributed by atoms with Crippen molar-refractivity contribution in [2.75, 3.05) is 0 Å². The number of carbonyl (C=O) groups excluding carboxylic acids is 2. The van der Waals surface area contributed by atoms with Gasteiger partial charge in [0.05, 0.1) is 11.1 Å². The van der Waals surface area contributed by atoms with Gasteiger partial charge < -0.3 is 10.6 Å². The van der Waals surface area contributed by atoms with Crippen LogP contribution >= 0.6 is 11.8 Å². The molecule has 0 spiro atoms. The smallest absolute Gasteiger partial charge is 0.269 e. The van der Waals surface area contributed by atoms with Gasteiger partial charge in [-0.25, -0.2) is 0 Å². The molecule has 1 aromatic carbocycles. The zero-order valence-corrected chi connectivity index (χ0v) is 14.4. The second-order valence-corrected chi connectivity index (χ2v) is 6.71. The highest BCUT2D eigenvalue weighted by Crippen LogP contribution is 2.22. The van der Waals surface area contributed by atoms with Crippen LogP contribution in [0.1, 0.15) is 25.8 Å². The van der Waals surface area contributed by atoms with Gasteiger partial charge in [-0.05, 0) is 31.5 Å². The van der Waals surface area contributed by atoms with Gasteiger partial charge in [-0.3, -0.25) is 19.7 Å². The summed E-state index contributed by atoms with van der Waals surface area (Å²) in [6, 6.07) is 5.83. The van der Waals surface area contributed by atoms with Crippen molar-refractivity contribution in [2.24, 2.45) is 10.2 Å². The van der Waals surface area contributed by atoms with E-state index in [-0.39, 0.29) is 30.0 Å². The minimum Gasteiger partial charge on any atom is -0.354 e. The molecule has 1 aliphatic rings. The number of rotatable bonds is 6. The maximum atomic E-state index is 11.8. The van der Waals surface area contributed by atoms with Gasteiger partial charge in [-0.15, -0.1) is 5.10 Å². The molecule has 0 saturated carbocycles. The van der Waals surface area contributed by atoms with Crippen molar-refractivity contribution in [1.82, 2.24) is 10.6 Å². The van der Waals surface area contributed by atoms with Crippen LogP contribution < -0.4 is 10.6 Å².